The molecule has 5 rings (SSSR count). The van der Waals surface area contributed by atoms with Crippen molar-refractivity contribution in [1.82, 2.24) is 0 Å². The summed E-state index contributed by atoms with van der Waals surface area (Å²) in [4.78, 5) is 1.62. The van der Waals surface area contributed by atoms with E-state index in [1.807, 2.05) is 54.6 Å². The molecule has 3 saturated heterocycles. The molecule has 0 radical (unpaired) electrons. The highest BCUT2D eigenvalue weighted by atomic mass is 35.5. The van der Waals surface area contributed by atoms with E-state index >= 15 is 0 Å². The third kappa shape index (κ3) is 2.50. The number of benzene rings is 2. The van der Waals surface area contributed by atoms with E-state index in [-0.39, 0.29) is 5.92 Å². The second-order valence-corrected chi connectivity index (χ2v) is 7.42. The van der Waals surface area contributed by atoms with Gasteiger partial charge < -0.3 is 10.0 Å². The molecular formula is C20H23ClNO+. The fourth-order valence-electron chi connectivity index (χ4n) is 4.65. The van der Waals surface area contributed by atoms with E-state index < -0.39 is 5.60 Å². The lowest BCUT2D eigenvalue weighted by Crippen LogP contribution is -3.16. The summed E-state index contributed by atoms with van der Waals surface area (Å²) >= 11 is 6.51. The van der Waals surface area contributed by atoms with Crippen LogP contribution in [0.3, 0.4) is 0 Å². The van der Waals surface area contributed by atoms with Crippen LogP contribution in [-0.4, -0.2) is 24.7 Å². The van der Waals surface area contributed by atoms with Gasteiger partial charge in [-0.1, -0.05) is 60.1 Å². The Morgan fingerprint density at radius 2 is 1.61 bits per heavy atom. The Bertz CT molecular complexity index is 681. The lowest BCUT2D eigenvalue weighted by Gasteiger charge is -2.49. The van der Waals surface area contributed by atoms with Gasteiger partial charge in [-0.05, 0) is 17.5 Å². The SMILES string of the molecule is OC(c1ccccc1)(c1ccccc1Cl)C1C[NH+]2CCC1CC2. The Labute approximate surface area is 142 Å². The fourth-order valence-corrected chi connectivity index (χ4v) is 4.93. The van der Waals surface area contributed by atoms with E-state index in [9.17, 15) is 5.11 Å². The van der Waals surface area contributed by atoms with Gasteiger partial charge in [0.15, 0.2) is 0 Å². The molecule has 0 aromatic heterocycles. The summed E-state index contributed by atoms with van der Waals surface area (Å²) in [6.07, 6.45) is 2.42. The van der Waals surface area contributed by atoms with Crippen molar-refractivity contribution in [1.29, 1.82) is 0 Å². The van der Waals surface area contributed by atoms with Crippen LogP contribution in [0, 0.1) is 11.8 Å². The van der Waals surface area contributed by atoms with Crippen LogP contribution in [0.25, 0.3) is 0 Å². The number of nitrogens with one attached hydrogen (secondary N) is 1. The predicted molar refractivity (Wildman–Crippen MR) is 92.7 cm³/mol. The number of aliphatic hydroxyl groups is 1. The molecule has 2 aromatic carbocycles. The molecule has 120 valence electrons. The minimum atomic E-state index is -1.00. The molecule has 3 aliphatic heterocycles. The van der Waals surface area contributed by atoms with Gasteiger partial charge in [0.25, 0.3) is 0 Å². The van der Waals surface area contributed by atoms with Gasteiger partial charge in [0.1, 0.15) is 5.60 Å². The zero-order valence-corrected chi connectivity index (χ0v) is 14.0. The predicted octanol–water partition coefficient (Wildman–Crippen LogP) is 2.50. The third-order valence-electron chi connectivity index (χ3n) is 5.85. The number of hydrogen-bond donors (Lipinski definition) is 2. The molecule has 3 heteroatoms. The highest BCUT2D eigenvalue weighted by molar-refractivity contribution is 6.31. The molecule has 2 atom stereocenters. The topological polar surface area (TPSA) is 24.7 Å². The molecule has 2 unspecified atom stereocenters. The van der Waals surface area contributed by atoms with Crippen LogP contribution in [0.4, 0.5) is 0 Å². The summed E-state index contributed by atoms with van der Waals surface area (Å²) in [5, 5.41) is 12.6. The summed E-state index contributed by atoms with van der Waals surface area (Å²) in [6.45, 7) is 3.52. The van der Waals surface area contributed by atoms with E-state index in [0.29, 0.717) is 10.9 Å². The molecule has 2 nitrogen and oxygen atoms in total. The van der Waals surface area contributed by atoms with Crippen LogP contribution in [0.15, 0.2) is 54.6 Å². The standard InChI is InChI=1S/C20H22ClNO/c21-19-9-5-4-8-17(19)20(23,16-6-2-1-3-7-16)18-14-22-12-10-15(18)11-13-22/h1-9,15,18,23H,10-14H2/p+1. The van der Waals surface area contributed by atoms with Crippen LogP contribution in [0.1, 0.15) is 24.0 Å². The Morgan fingerprint density at radius 1 is 0.957 bits per heavy atom. The summed E-state index contributed by atoms with van der Waals surface area (Å²) < 4.78 is 0. The Hall–Kier alpha value is -1.35. The smallest absolute Gasteiger partial charge is 0.124 e. The minimum Gasteiger partial charge on any atom is -0.380 e. The molecule has 23 heavy (non-hydrogen) atoms. The first-order valence-electron chi connectivity index (χ1n) is 8.56. The number of rotatable bonds is 3. The number of piperidine rings is 3. The van der Waals surface area contributed by atoms with Crippen LogP contribution < -0.4 is 4.90 Å². The zero-order chi connectivity index (χ0) is 15.9. The van der Waals surface area contributed by atoms with Gasteiger partial charge in [-0.2, -0.15) is 0 Å². The normalized spacial score (nSPS) is 29.2. The highest BCUT2D eigenvalue weighted by Crippen LogP contribution is 2.45. The molecule has 2 bridgehead atoms. The number of quaternary nitrogens is 1. The summed E-state index contributed by atoms with van der Waals surface area (Å²) in [5.41, 5.74) is 0.813. The van der Waals surface area contributed by atoms with Crippen LogP contribution in [0.2, 0.25) is 5.02 Å². The van der Waals surface area contributed by atoms with Crippen molar-refractivity contribution >= 4 is 11.6 Å². The fraction of sp³-hybridized carbons (Fsp3) is 0.400. The molecule has 3 heterocycles. The second kappa shape index (κ2) is 5.94. The first-order valence-corrected chi connectivity index (χ1v) is 8.94. The second-order valence-electron chi connectivity index (χ2n) is 7.01. The van der Waals surface area contributed by atoms with E-state index in [0.717, 1.165) is 17.7 Å². The van der Waals surface area contributed by atoms with Gasteiger partial charge in [-0.15, -0.1) is 0 Å². The van der Waals surface area contributed by atoms with Gasteiger partial charge in [-0.25, -0.2) is 0 Å². The first-order chi connectivity index (χ1) is 11.2. The van der Waals surface area contributed by atoms with Crippen molar-refractivity contribution in [3.8, 4) is 0 Å². The molecular weight excluding hydrogens is 306 g/mol. The largest absolute Gasteiger partial charge is 0.380 e. The van der Waals surface area contributed by atoms with Crippen molar-refractivity contribution in [2.45, 2.75) is 18.4 Å². The third-order valence-corrected chi connectivity index (χ3v) is 6.18. The molecule has 0 aliphatic carbocycles. The van der Waals surface area contributed by atoms with E-state index in [2.05, 4.69) is 0 Å². The van der Waals surface area contributed by atoms with Gasteiger partial charge in [0, 0.05) is 29.3 Å². The first kappa shape index (κ1) is 15.2. The zero-order valence-electron chi connectivity index (χ0n) is 13.2. The molecule has 3 aliphatic rings. The Morgan fingerprint density at radius 3 is 2.22 bits per heavy atom. The van der Waals surface area contributed by atoms with Crippen molar-refractivity contribution < 1.29 is 10.0 Å². The number of halogens is 1. The molecule has 2 N–H and O–H groups in total. The average molecular weight is 329 g/mol. The van der Waals surface area contributed by atoms with E-state index in [4.69, 9.17) is 11.6 Å². The van der Waals surface area contributed by atoms with Crippen LogP contribution >= 0.6 is 11.6 Å². The van der Waals surface area contributed by atoms with Crippen LogP contribution in [0.5, 0.6) is 0 Å². The monoisotopic (exact) mass is 328 g/mol. The average Bonchev–Trinajstić information content (AvgIpc) is 2.63. The molecule has 0 spiro atoms. The van der Waals surface area contributed by atoms with Gasteiger partial charge >= 0.3 is 0 Å². The number of fused-ring (bicyclic) bond motifs is 3. The highest BCUT2D eigenvalue weighted by Gasteiger charge is 2.51. The lowest BCUT2D eigenvalue weighted by atomic mass is 9.65. The maximum Gasteiger partial charge on any atom is 0.124 e. The van der Waals surface area contributed by atoms with Crippen molar-refractivity contribution in [3.63, 3.8) is 0 Å². The minimum absolute atomic E-state index is 0.224. The molecule has 3 fully saturated rings. The van der Waals surface area contributed by atoms with Gasteiger partial charge in [-0.3, -0.25) is 0 Å². The summed E-state index contributed by atoms with van der Waals surface area (Å²) in [6, 6.07) is 17.9. The van der Waals surface area contributed by atoms with Crippen molar-refractivity contribution in [2.24, 2.45) is 11.8 Å². The van der Waals surface area contributed by atoms with Gasteiger partial charge in [0.05, 0.1) is 19.6 Å². The molecule has 0 saturated carbocycles. The van der Waals surface area contributed by atoms with E-state index in [1.54, 1.807) is 4.90 Å². The summed E-state index contributed by atoms with van der Waals surface area (Å²) in [7, 11) is 0. The summed E-state index contributed by atoms with van der Waals surface area (Å²) in [5.74, 6) is 0.802. The maximum atomic E-state index is 12.0. The van der Waals surface area contributed by atoms with Gasteiger partial charge in [0.2, 0.25) is 0 Å². The quantitative estimate of drug-likeness (QED) is 0.889. The lowest BCUT2D eigenvalue weighted by molar-refractivity contribution is -0.922. The Kier molecular flexibility index (Phi) is 3.92. The molecule has 0 amide bonds. The van der Waals surface area contributed by atoms with E-state index in [1.165, 1.54) is 25.9 Å². The van der Waals surface area contributed by atoms with Crippen molar-refractivity contribution in [3.05, 3.63) is 70.7 Å². The van der Waals surface area contributed by atoms with Crippen LogP contribution in [-0.2, 0) is 5.60 Å². The van der Waals surface area contributed by atoms with Crippen molar-refractivity contribution in [2.75, 3.05) is 19.6 Å². The number of hydrogen-bond acceptors (Lipinski definition) is 1. The maximum absolute atomic E-state index is 12.0. The Balaban J connectivity index is 1.86. The molecule has 2 aromatic rings.